The molecule has 0 amide bonds. The molecule has 0 spiro atoms. The van der Waals surface area contributed by atoms with Gasteiger partial charge in [-0.15, -0.1) is 0 Å². The Hall–Kier alpha value is -0.370. The molecular formula is C11H24N2. The summed E-state index contributed by atoms with van der Waals surface area (Å²) in [6, 6.07) is 0. The number of unbranched alkanes of at least 4 members (excludes halogenated alkanes) is 2. The van der Waals surface area contributed by atoms with Gasteiger partial charge in [-0.1, -0.05) is 32.6 Å². The molecule has 0 radical (unpaired) electrons. The zero-order chi connectivity index (χ0) is 9.94. The van der Waals surface area contributed by atoms with Crippen LogP contribution < -0.4 is 5.73 Å². The minimum atomic E-state index is 0.840. The molecule has 0 aliphatic carbocycles. The Balaban J connectivity index is 3.09. The molecule has 1 atom stereocenters. The minimum Gasteiger partial charge on any atom is -0.330 e. The molecule has 0 fully saturated rings. The Morgan fingerprint density at radius 2 is 1.77 bits per heavy atom. The van der Waals surface area contributed by atoms with E-state index in [0.717, 1.165) is 19.0 Å². The highest BCUT2D eigenvalue weighted by atomic mass is 14.7. The zero-order valence-corrected chi connectivity index (χ0v) is 8.97. The van der Waals surface area contributed by atoms with Crippen LogP contribution >= 0.6 is 0 Å². The van der Waals surface area contributed by atoms with E-state index in [-0.39, 0.29) is 0 Å². The van der Waals surface area contributed by atoms with E-state index in [4.69, 9.17) is 5.73 Å². The predicted octanol–water partition coefficient (Wildman–Crippen LogP) is 2.62. The Bertz CT molecular complexity index is 113. The van der Waals surface area contributed by atoms with Gasteiger partial charge in [-0.25, -0.2) is 0 Å². The fourth-order valence-electron chi connectivity index (χ4n) is 1.50. The molecule has 2 N–H and O–H groups in total. The van der Waals surface area contributed by atoms with Gasteiger partial charge >= 0.3 is 0 Å². The van der Waals surface area contributed by atoms with Crippen LogP contribution in [0.5, 0.6) is 0 Å². The third kappa shape index (κ3) is 9.54. The Labute approximate surface area is 82.6 Å². The highest BCUT2D eigenvalue weighted by molar-refractivity contribution is 5.22. The molecule has 0 rings (SSSR count). The van der Waals surface area contributed by atoms with Gasteiger partial charge in [0.05, 0.1) is 0 Å². The second-order valence-corrected chi connectivity index (χ2v) is 3.83. The van der Waals surface area contributed by atoms with Gasteiger partial charge in [-0.05, 0) is 32.0 Å². The first-order chi connectivity index (χ1) is 6.31. The van der Waals surface area contributed by atoms with Crippen LogP contribution in [0.2, 0.25) is 0 Å². The second kappa shape index (κ2) is 9.72. The van der Waals surface area contributed by atoms with Crippen molar-refractivity contribution in [2.75, 3.05) is 13.1 Å². The predicted molar refractivity (Wildman–Crippen MR) is 60.3 cm³/mol. The summed E-state index contributed by atoms with van der Waals surface area (Å²) in [4.78, 5) is 3.84. The lowest BCUT2D eigenvalue weighted by molar-refractivity contribution is 0.448. The molecule has 13 heavy (non-hydrogen) atoms. The van der Waals surface area contributed by atoms with E-state index in [1.807, 2.05) is 0 Å². The van der Waals surface area contributed by atoms with Crippen molar-refractivity contribution in [1.82, 2.24) is 0 Å². The molecule has 0 aliphatic heterocycles. The van der Waals surface area contributed by atoms with Crippen LogP contribution in [-0.2, 0) is 0 Å². The van der Waals surface area contributed by atoms with E-state index in [2.05, 4.69) is 18.6 Å². The summed E-state index contributed by atoms with van der Waals surface area (Å²) in [7, 11) is 0. The van der Waals surface area contributed by atoms with Crippen molar-refractivity contribution in [3.05, 3.63) is 0 Å². The highest BCUT2D eigenvalue weighted by Gasteiger charge is 2.00. The molecule has 0 aromatic heterocycles. The van der Waals surface area contributed by atoms with Gasteiger partial charge in [-0.2, -0.15) is 0 Å². The maximum Gasteiger partial charge on any atom is 0.0382 e. The lowest BCUT2D eigenvalue weighted by atomic mass is 9.98. The number of nitrogens with zero attached hydrogens (tertiary/aromatic N) is 1. The number of nitrogens with two attached hydrogens (primary N) is 1. The van der Waals surface area contributed by atoms with Crippen molar-refractivity contribution in [2.45, 2.75) is 45.4 Å². The first kappa shape index (κ1) is 12.6. The monoisotopic (exact) mass is 184 g/mol. The van der Waals surface area contributed by atoms with E-state index < -0.39 is 0 Å². The van der Waals surface area contributed by atoms with Crippen LogP contribution in [0.15, 0.2) is 4.99 Å². The van der Waals surface area contributed by atoms with E-state index >= 15 is 0 Å². The van der Waals surface area contributed by atoms with E-state index in [0.29, 0.717) is 0 Å². The average Bonchev–Trinajstić information content (AvgIpc) is 2.13. The molecule has 0 bridgehead atoms. The van der Waals surface area contributed by atoms with Crippen molar-refractivity contribution in [1.29, 1.82) is 0 Å². The molecular weight excluding hydrogens is 160 g/mol. The second-order valence-electron chi connectivity index (χ2n) is 3.83. The first-order valence-corrected chi connectivity index (χ1v) is 5.43. The van der Waals surface area contributed by atoms with E-state index in [1.165, 1.54) is 38.5 Å². The average molecular weight is 184 g/mol. The number of rotatable bonds is 9. The molecule has 0 aromatic rings. The molecule has 1 unspecified atom stereocenters. The van der Waals surface area contributed by atoms with Gasteiger partial charge in [-0.3, -0.25) is 0 Å². The van der Waals surface area contributed by atoms with Crippen molar-refractivity contribution in [3.8, 4) is 0 Å². The molecule has 2 nitrogen and oxygen atoms in total. The molecule has 0 heterocycles. The zero-order valence-electron chi connectivity index (χ0n) is 8.97. The van der Waals surface area contributed by atoms with E-state index in [1.54, 1.807) is 0 Å². The van der Waals surface area contributed by atoms with Gasteiger partial charge in [0.25, 0.3) is 0 Å². The largest absolute Gasteiger partial charge is 0.330 e. The third-order valence-electron chi connectivity index (χ3n) is 2.41. The summed E-state index contributed by atoms with van der Waals surface area (Å²) in [5.41, 5.74) is 5.44. The third-order valence-corrected chi connectivity index (χ3v) is 2.41. The highest BCUT2D eigenvalue weighted by Crippen LogP contribution is 2.14. The fraction of sp³-hybridized carbons (Fsp3) is 0.909. The summed E-state index contributed by atoms with van der Waals surface area (Å²) in [6.45, 7) is 7.57. The molecule has 78 valence electrons. The quantitative estimate of drug-likeness (QED) is 0.434. The smallest absolute Gasteiger partial charge is 0.0382 e. The van der Waals surface area contributed by atoms with Crippen LogP contribution in [0.1, 0.15) is 45.4 Å². The van der Waals surface area contributed by atoms with Gasteiger partial charge in [0.1, 0.15) is 0 Å². The summed E-state index contributed by atoms with van der Waals surface area (Å²) in [6.07, 6.45) is 7.63. The first-order valence-electron chi connectivity index (χ1n) is 5.43. The molecule has 2 heteroatoms. The van der Waals surface area contributed by atoms with Crippen LogP contribution in [0, 0.1) is 5.92 Å². The number of aliphatic imine (C=N–C) groups is 1. The molecule has 0 saturated heterocycles. The minimum absolute atomic E-state index is 0.840. The van der Waals surface area contributed by atoms with Gasteiger partial charge < -0.3 is 10.7 Å². The topological polar surface area (TPSA) is 38.4 Å². The van der Waals surface area contributed by atoms with Crippen molar-refractivity contribution in [3.63, 3.8) is 0 Å². The summed E-state index contributed by atoms with van der Waals surface area (Å²) < 4.78 is 0. The van der Waals surface area contributed by atoms with E-state index in [9.17, 15) is 0 Å². The van der Waals surface area contributed by atoms with Crippen LogP contribution in [0.25, 0.3) is 0 Å². The lowest BCUT2D eigenvalue weighted by Gasteiger charge is -2.09. The Morgan fingerprint density at radius 3 is 2.31 bits per heavy atom. The van der Waals surface area contributed by atoms with Crippen LogP contribution in [0.4, 0.5) is 0 Å². The summed E-state index contributed by atoms with van der Waals surface area (Å²) in [5.74, 6) is 0.858. The summed E-state index contributed by atoms with van der Waals surface area (Å²) in [5, 5.41) is 0. The van der Waals surface area contributed by atoms with Crippen LogP contribution in [0.3, 0.4) is 0 Å². The maximum absolute atomic E-state index is 5.44. The molecule has 0 aliphatic rings. The van der Waals surface area contributed by atoms with Crippen molar-refractivity contribution >= 4 is 6.72 Å². The van der Waals surface area contributed by atoms with Gasteiger partial charge in [0, 0.05) is 6.54 Å². The Morgan fingerprint density at radius 1 is 1.15 bits per heavy atom. The Kier molecular flexibility index (Phi) is 9.44. The fourth-order valence-corrected chi connectivity index (χ4v) is 1.50. The molecule has 0 saturated carbocycles. The van der Waals surface area contributed by atoms with Gasteiger partial charge in [0.2, 0.25) is 0 Å². The standard InChI is InChI=1S/C11H24N2/c1-11(7-3-5-9-12)8-4-6-10-13-2/h11H,2-10,12H2,1H3. The molecule has 0 aromatic carbocycles. The SMILES string of the molecule is C=NCCCCC(C)CCCCN. The van der Waals surface area contributed by atoms with Crippen LogP contribution in [-0.4, -0.2) is 19.8 Å². The van der Waals surface area contributed by atoms with Crippen molar-refractivity contribution < 1.29 is 0 Å². The van der Waals surface area contributed by atoms with Gasteiger partial charge in [0.15, 0.2) is 0 Å². The maximum atomic E-state index is 5.44. The summed E-state index contributed by atoms with van der Waals surface area (Å²) >= 11 is 0. The number of hydrogen-bond acceptors (Lipinski definition) is 2. The normalized spacial score (nSPS) is 12.8. The lowest BCUT2D eigenvalue weighted by Crippen LogP contribution is -2.01. The van der Waals surface area contributed by atoms with Crippen molar-refractivity contribution in [2.24, 2.45) is 16.6 Å². The number of hydrogen-bond donors (Lipinski definition) is 1.